The van der Waals surface area contributed by atoms with E-state index in [1.807, 2.05) is 37.3 Å². The number of aryl methyl sites for hydroxylation is 1. The van der Waals surface area contributed by atoms with E-state index in [1.165, 1.54) is 17.0 Å². The topological polar surface area (TPSA) is 96.0 Å². The highest BCUT2D eigenvalue weighted by atomic mass is 32.2. The first kappa shape index (κ1) is 24.9. The Morgan fingerprint density at radius 1 is 1.12 bits per heavy atom. The maximum Gasteiger partial charge on any atom is 0.247 e. The molecule has 2 aromatic carbocycles. The van der Waals surface area contributed by atoms with Crippen molar-refractivity contribution in [3.8, 4) is 0 Å². The number of sulfonamides is 1. The summed E-state index contributed by atoms with van der Waals surface area (Å²) >= 11 is 0. The molecule has 0 aliphatic carbocycles. The molecule has 1 saturated heterocycles. The molecule has 8 nitrogen and oxygen atoms in total. The third-order valence-corrected chi connectivity index (χ3v) is 7.67. The zero-order chi connectivity index (χ0) is 24.1. The Balaban J connectivity index is 1.88. The number of hydrogen-bond donors (Lipinski definition) is 1. The van der Waals surface area contributed by atoms with Crippen molar-refractivity contribution in [3.63, 3.8) is 0 Å². The van der Waals surface area contributed by atoms with Crippen LogP contribution in [0.4, 0.5) is 0 Å². The summed E-state index contributed by atoms with van der Waals surface area (Å²) in [5.74, 6) is -0.814. The fourth-order valence-electron chi connectivity index (χ4n) is 3.93. The largest absolute Gasteiger partial charge is 0.385 e. The lowest BCUT2D eigenvalue weighted by Crippen LogP contribution is -2.69. The molecule has 9 heteroatoms. The van der Waals surface area contributed by atoms with E-state index >= 15 is 0 Å². The minimum Gasteiger partial charge on any atom is -0.385 e. The van der Waals surface area contributed by atoms with Gasteiger partial charge in [0.2, 0.25) is 21.8 Å². The quantitative estimate of drug-likeness (QED) is 0.562. The van der Waals surface area contributed by atoms with Crippen LogP contribution in [0.1, 0.15) is 24.5 Å². The van der Waals surface area contributed by atoms with E-state index in [-0.39, 0.29) is 24.5 Å². The number of benzene rings is 2. The summed E-state index contributed by atoms with van der Waals surface area (Å²) in [5.41, 5.74) is 0.472. The lowest BCUT2D eigenvalue weighted by molar-refractivity contribution is -0.153. The number of amides is 2. The molecule has 2 amide bonds. The first-order valence-electron chi connectivity index (χ1n) is 10.9. The van der Waals surface area contributed by atoms with Crippen LogP contribution in [0.3, 0.4) is 0 Å². The molecule has 0 bridgehead atoms. The van der Waals surface area contributed by atoms with Gasteiger partial charge in [0.15, 0.2) is 0 Å². The fourth-order valence-corrected chi connectivity index (χ4v) is 5.41. The summed E-state index contributed by atoms with van der Waals surface area (Å²) in [6.07, 6.45) is 0.536. The second kappa shape index (κ2) is 10.5. The first-order chi connectivity index (χ1) is 15.7. The van der Waals surface area contributed by atoms with E-state index in [9.17, 15) is 18.0 Å². The van der Waals surface area contributed by atoms with Crippen molar-refractivity contribution in [2.75, 3.05) is 33.4 Å². The molecule has 1 fully saturated rings. The van der Waals surface area contributed by atoms with Crippen LogP contribution in [0.5, 0.6) is 0 Å². The van der Waals surface area contributed by atoms with E-state index in [2.05, 4.69) is 5.32 Å². The van der Waals surface area contributed by atoms with Gasteiger partial charge in [0.05, 0.1) is 11.4 Å². The standard InChI is InChI=1S/C24H31N3O5S/c1-19-10-12-21(13-11-19)33(30,31)26-17-22(28)27(14-7-15-32-3)24(2,18-26)23(29)25-16-20-8-5-4-6-9-20/h4-6,8-13H,7,14-18H2,1-3H3,(H,25,29). The molecule has 2 aromatic rings. The molecule has 1 aliphatic rings. The summed E-state index contributed by atoms with van der Waals surface area (Å²) < 4.78 is 32.8. The van der Waals surface area contributed by atoms with Gasteiger partial charge in [0.1, 0.15) is 5.54 Å². The number of nitrogens with zero attached hydrogens (tertiary/aromatic N) is 2. The second-order valence-corrected chi connectivity index (χ2v) is 10.4. The molecule has 3 rings (SSSR count). The van der Waals surface area contributed by atoms with E-state index in [0.29, 0.717) is 19.6 Å². The average molecular weight is 474 g/mol. The SMILES string of the molecule is COCCCN1C(=O)CN(S(=O)(=O)c2ccc(C)cc2)CC1(C)C(=O)NCc1ccccc1. The monoisotopic (exact) mass is 473 g/mol. The van der Waals surface area contributed by atoms with Gasteiger partial charge >= 0.3 is 0 Å². The van der Waals surface area contributed by atoms with Crippen LogP contribution in [0.15, 0.2) is 59.5 Å². The number of carbonyl (C=O) groups is 2. The van der Waals surface area contributed by atoms with E-state index < -0.39 is 27.4 Å². The lowest BCUT2D eigenvalue weighted by Gasteiger charge is -2.46. The molecule has 33 heavy (non-hydrogen) atoms. The normalized spacial score (nSPS) is 19.5. The van der Waals surface area contributed by atoms with Gasteiger partial charge in [0, 0.05) is 33.4 Å². The van der Waals surface area contributed by atoms with E-state index in [1.54, 1.807) is 26.2 Å². The van der Waals surface area contributed by atoms with Gasteiger partial charge in [-0.2, -0.15) is 4.31 Å². The summed E-state index contributed by atoms with van der Waals surface area (Å²) in [6, 6.07) is 15.9. The van der Waals surface area contributed by atoms with Gasteiger partial charge in [-0.15, -0.1) is 0 Å². The lowest BCUT2D eigenvalue weighted by atomic mass is 9.95. The average Bonchev–Trinajstić information content (AvgIpc) is 2.80. The van der Waals surface area contributed by atoms with E-state index in [0.717, 1.165) is 15.4 Å². The smallest absolute Gasteiger partial charge is 0.247 e. The number of methoxy groups -OCH3 is 1. The van der Waals surface area contributed by atoms with Gasteiger partial charge in [-0.25, -0.2) is 8.42 Å². The first-order valence-corrected chi connectivity index (χ1v) is 12.3. The zero-order valence-corrected chi connectivity index (χ0v) is 20.1. The Morgan fingerprint density at radius 3 is 2.42 bits per heavy atom. The van der Waals surface area contributed by atoms with Crippen LogP contribution in [-0.2, 0) is 30.9 Å². The summed E-state index contributed by atoms with van der Waals surface area (Å²) in [6.45, 7) is 4.03. The molecule has 1 N–H and O–H groups in total. The Bertz CT molecular complexity index is 1070. The number of ether oxygens (including phenoxy) is 1. The predicted molar refractivity (Wildman–Crippen MR) is 125 cm³/mol. The number of piperazine rings is 1. The molecular weight excluding hydrogens is 442 g/mol. The zero-order valence-electron chi connectivity index (χ0n) is 19.3. The Hall–Kier alpha value is -2.75. The van der Waals surface area contributed by atoms with Crippen molar-refractivity contribution in [2.45, 2.75) is 37.2 Å². The highest BCUT2D eigenvalue weighted by Crippen LogP contribution is 2.28. The van der Waals surface area contributed by atoms with Gasteiger partial charge in [-0.1, -0.05) is 48.0 Å². The van der Waals surface area contributed by atoms with Crippen molar-refractivity contribution in [3.05, 3.63) is 65.7 Å². The molecule has 1 unspecified atom stereocenters. The number of carbonyl (C=O) groups excluding carboxylic acids is 2. The summed E-state index contributed by atoms with van der Waals surface area (Å²) in [4.78, 5) is 28.1. The van der Waals surface area contributed by atoms with Crippen LogP contribution in [0.25, 0.3) is 0 Å². The number of rotatable bonds is 9. The molecule has 1 atom stereocenters. The molecule has 1 aliphatic heterocycles. The molecule has 1 heterocycles. The molecule has 0 saturated carbocycles. The summed E-state index contributed by atoms with van der Waals surface area (Å²) in [5, 5.41) is 2.88. The van der Waals surface area contributed by atoms with Gasteiger partial charge in [-0.05, 0) is 38.0 Å². The fraction of sp³-hybridized carbons (Fsp3) is 0.417. The molecule has 0 radical (unpaired) electrons. The Morgan fingerprint density at radius 2 is 1.79 bits per heavy atom. The summed E-state index contributed by atoms with van der Waals surface area (Å²) in [7, 11) is -2.38. The van der Waals surface area contributed by atoms with Crippen LogP contribution in [-0.4, -0.2) is 68.3 Å². The van der Waals surface area contributed by atoms with Crippen molar-refractivity contribution in [1.82, 2.24) is 14.5 Å². The molecule has 178 valence electrons. The number of nitrogens with one attached hydrogen (secondary N) is 1. The second-order valence-electron chi connectivity index (χ2n) is 8.42. The maximum absolute atomic E-state index is 13.4. The van der Waals surface area contributed by atoms with Gasteiger partial charge in [-0.3, -0.25) is 9.59 Å². The minimum atomic E-state index is -3.95. The van der Waals surface area contributed by atoms with Crippen LogP contribution >= 0.6 is 0 Å². The molecular formula is C24H31N3O5S. The third kappa shape index (κ3) is 5.61. The third-order valence-electron chi connectivity index (χ3n) is 5.87. The predicted octanol–water partition coefficient (Wildman–Crippen LogP) is 1.94. The van der Waals surface area contributed by atoms with E-state index in [4.69, 9.17) is 4.74 Å². The van der Waals surface area contributed by atoms with Crippen molar-refractivity contribution < 1.29 is 22.7 Å². The van der Waals surface area contributed by atoms with Crippen molar-refractivity contribution >= 4 is 21.8 Å². The maximum atomic E-state index is 13.4. The highest BCUT2D eigenvalue weighted by molar-refractivity contribution is 7.89. The van der Waals surface area contributed by atoms with Gasteiger partial charge < -0.3 is 15.0 Å². The van der Waals surface area contributed by atoms with Crippen LogP contribution < -0.4 is 5.32 Å². The molecule has 0 aromatic heterocycles. The van der Waals surface area contributed by atoms with Crippen LogP contribution in [0.2, 0.25) is 0 Å². The van der Waals surface area contributed by atoms with Gasteiger partial charge in [0.25, 0.3) is 0 Å². The highest BCUT2D eigenvalue weighted by Gasteiger charge is 2.50. The van der Waals surface area contributed by atoms with Crippen molar-refractivity contribution in [1.29, 1.82) is 0 Å². The molecule has 0 spiro atoms. The Kier molecular flexibility index (Phi) is 7.88. The number of hydrogen-bond acceptors (Lipinski definition) is 5. The van der Waals surface area contributed by atoms with Crippen molar-refractivity contribution in [2.24, 2.45) is 0 Å². The minimum absolute atomic E-state index is 0.0979. The van der Waals surface area contributed by atoms with Crippen LogP contribution in [0, 0.1) is 6.92 Å². The Labute approximate surface area is 195 Å².